The van der Waals surface area contributed by atoms with Crippen LogP contribution < -0.4 is 14.8 Å². The van der Waals surface area contributed by atoms with Gasteiger partial charge in [-0.05, 0) is 26.0 Å². The molecule has 0 unspecified atom stereocenters. The van der Waals surface area contributed by atoms with Gasteiger partial charge in [0.2, 0.25) is 0 Å². The molecule has 0 saturated heterocycles. The van der Waals surface area contributed by atoms with Crippen molar-refractivity contribution in [2.45, 2.75) is 26.4 Å². The van der Waals surface area contributed by atoms with Crippen LogP contribution in [0.5, 0.6) is 11.5 Å². The predicted molar refractivity (Wildman–Crippen MR) is 92.5 cm³/mol. The van der Waals surface area contributed by atoms with Crippen LogP contribution in [0, 0.1) is 10.1 Å². The molecule has 0 bridgehead atoms. The number of nitrogens with zero attached hydrogens (tertiary/aromatic N) is 1. The smallest absolute Gasteiger partial charge is 0.282 e. The number of hydrogen-bond donors (Lipinski definition) is 1. The number of carbonyl (C=O) groups excluding carboxylic acids is 1. The zero-order valence-electron chi connectivity index (χ0n) is 13.9. The molecule has 2 aromatic rings. The Hall–Kier alpha value is -3.09. The second kappa shape index (κ2) is 6.80. The zero-order chi connectivity index (χ0) is 18.0. The average molecular weight is 342 g/mol. The first-order valence-corrected chi connectivity index (χ1v) is 8.00. The van der Waals surface area contributed by atoms with Crippen molar-refractivity contribution in [1.82, 2.24) is 0 Å². The molecule has 3 rings (SSSR count). The number of amides is 1. The van der Waals surface area contributed by atoms with E-state index < -0.39 is 10.8 Å². The van der Waals surface area contributed by atoms with Crippen LogP contribution in [0.1, 0.15) is 29.8 Å². The maximum Gasteiger partial charge on any atom is 0.282 e. The highest BCUT2D eigenvalue weighted by molar-refractivity contribution is 6.07. The van der Waals surface area contributed by atoms with Crippen LogP contribution >= 0.6 is 0 Å². The molecule has 0 radical (unpaired) electrons. The largest absolute Gasteiger partial charge is 0.492 e. The van der Waals surface area contributed by atoms with Crippen LogP contribution in [0.2, 0.25) is 0 Å². The van der Waals surface area contributed by atoms with Crippen LogP contribution in [0.3, 0.4) is 0 Å². The summed E-state index contributed by atoms with van der Waals surface area (Å²) in [7, 11) is 0. The number of fused-ring (bicyclic) bond motifs is 1. The molecule has 1 amide bonds. The summed E-state index contributed by atoms with van der Waals surface area (Å²) < 4.78 is 11.3. The summed E-state index contributed by atoms with van der Waals surface area (Å²) in [4.78, 5) is 23.1. The van der Waals surface area contributed by atoms with Gasteiger partial charge in [-0.1, -0.05) is 12.1 Å². The monoisotopic (exact) mass is 342 g/mol. The number of rotatable bonds is 5. The zero-order valence-corrected chi connectivity index (χ0v) is 13.9. The average Bonchev–Trinajstić information content (AvgIpc) is 2.94. The van der Waals surface area contributed by atoms with E-state index in [-0.39, 0.29) is 17.4 Å². The topological polar surface area (TPSA) is 90.7 Å². The lowest BCUT2D eigenvalue weighted by Gasteiger charge is -2.13. The third kappa shape index (κ3) is 3.40. The SMILES string of the molecule is CCOc1cc2c(cc1NC(=O)c1ccccc1[N+](=O)[O-])O[C@H](C)C2. The summed E-state index contributed by atoms with van der Waals surface area (Å²) in [6.07, 6.45) is 0.832. The number of benzene rings is 2. The summed E-state index contributed by atoms with van der Waals surface area (Å²) in [6, 6.07) is 9.36. The molecular weight excluding hydrogens is 324 g/mol. The van der Waals surface area contributed by atoms with Crippen molar-refractivity contribution in [3.05, 3.63) is 57.6 Å². The van der Waals surface area contributed by atoms with Crippen molar-refractivity contribution in [1.29, 1.82) is 0 Å². The van der Waals surface area contributed by atoms with Gasteiger partial charge in [-0.3, -0.25) is 14.9 Å². The van der Waals surface area contributed by atoms with E-state index in [4.69, 9.17) is 9.47 Å². The Morgan fingerprint density at radius 3 is 2.88 bits per heavy atom. The molecule has 0 aliphatic carbocycles. The van der Waals surface area contributed by atoms with Crippen LogP contribution in [0.25, 0.3) is 0 Å². The number of para-hydroxylation sites is 1. The molecule has 0 fully saturated rings. The molecule has 2 aromatic carbocycles. The Labute approximate surface area is 144 Å². The number of anilines is 1. The summed E-state index contributed by atoms with van der Waals surface area (Å²) >= 11 is 0. The molecule has 1 N–H and O–H groups in total. The van der Waals surface area contributed by atoms with Gasteiger partial charge in [-0.15, -0.1) is 0 Å². The van der Waals surface area contributed by atoms with E-state index in [0.717, 1.165) is 12.0 Å². The Kier molecular flexibility index (Phi) is 4.56. The van der Waals surface area contributed by atoms with E-state index in [1.54, 1.807) is 12.1 Å². The fourth-order valence-electron chi connectivity index (χ4n) is 2.83. The van der Waals surface area contributed by atoms with Gasteiger partial charge in [0, 0.05) is 24.1 Å². The van der Waals surface area contributed by atoms with Crippen molar-refractivity contribution >= 4 is 17.3 Å². The first kappa shape index (κ1) is 16.8. The van der Waals surface area contributed by atoms with E-state index in [1.807, 2.05) is 19.9 Å². The molecule has 1 aliphatic rings. The highest BCUT2D eigenvalue weighted by Crippen LogP contribution is 2.38. The van der Waals surface area contributed by atoms with E-state index in [0.29, 0.717) is 23.8 Å². The Bertz CT molecular complexity index is 834. The van der Waals surface area contributed by atoms with E-state index in [9.17, 15) is 14.9 Å². The van der Waals surface area contributed by atoms with Crippen molar-refractivity contribution in [3.63, 3.8) is 0 Å². The second-order valence-corrected chi connectivity index (χ2v) is 5.75. The third-order valence-electron chi connectivity index (χ3n) is 3.89. The Morgan fingerprint density at radius 2 is 2.16 bits per heavy atom. The van der Waals surface area contributed by atoms with Crippen LogP contribution in [0.4, 0.5) is 11.4 Å². The molecule has 130 valence electrons. The number of nitro groups is 1. The van der Waals surface area contributed by atoms with Gasteiger partial charge in [0.1, 0.15) is 23.2 Å². The third-order valence-corrected chi connectivity index (χ3v) is 3.89. The Morgan fingerprint density at radius 1 is 1.40 bits per heavy atom. The van der Waals surface area contributed by atoms with E-state index in [1.165, 1.54) is 18.2 Å². The van der Waals surface area contributed by atoms with Gasteiger partial charge in [0.05, 0.1) is 17.2 Å². The lowest BCUT2D eigenvalue weighted by Crippen LogP contribution is -2.15. The minimum atomic E-state index is -0.578. The summed E-state index contributed by atoms with van der Waals surface area (Å²) in [5, 5.41) is 13.8. The van der Waals surface area contributed by atoms with Gasteiger partial charge in [0.15, 0.2) is 0 Å². The number of carbonyl (C=O) groups is 1. The van der Waals surface area contributed by atoms with Crippen molar-refractivity contribution < 1.29 is 19.2 Å². The molecule has 25 heavy (non-hydrogen) atoms. The van der Waals surface area contributed by atoms with Gasteiger partial charge < -0.3 is 14.8 Å². The Balaban J connectivity index is 1.94. The summed E-state index contributed by atoms with van der Waals surface area (Å²) in [5.41, 5.74) is 1.19. The lowest BCUT2D eigenvalue weighted by molar-refractivity contribution is -0.385. The molecular formula is C18H18N2O5. The molecule has 1 heterocycles. The molecule has 0 aromatic heterocycles. The van der Waals surface area contributed by atoms with Crippen LogP contribution in [-0.2, 0) is 6.42 Å². The minimum Gasteiger partial charge on any atom is -0.492 e. The van der Waals surface area contributed by atoms with Gasteiger partial charge in [-0.2, -0.15) is 0 Å². The van der Waals surface area contributed by atoms with Gasteiger partial charge in [0.25, 0.3) is 11.6 Å². The number of hydrogen-bond acceptors (Lipinski definition) is 5. The minimum absolute atomic E-state index is 0.00951. The van der Waals surface area contributed by atoms with Gasteiger partial charge in [-0.25, -0.2) is 0 Å². The summed E-state index contributed by atoms with van der Waals surface area (Å²) in [5.74, 6) is 0.638. The standard InChI is InChI=1S/C18H18N2O5/c1-3-24-17-9-12-8-11(2)25-16(12)10-14(17)19-18(21)13-6-4-5-7-15(13)20(22)23/h4-7,9-11H,3,8H2,1-2H3,(H,19,21)/t11-/m1/s1. The maximum atomic E-state index is 12.5. The van der Waals surface area contributed by atoms with Crippen LogP contribution in [-0.4, -0.2) is 23.5 Å². The molecule has 1 aliphatic heterocycles. The summed E-state index contributed by atoms with van der Waals surface area (Å²) in [6.45, 7) is 4.25. The van der Waals surface area contributed by atoms with Crippen molar-refractivity contribution in [2.75, 3.05) is 11.9 Å². The lowest BCUT2D eigenvalue weighted by atomic mass is 10.1. The van der Waals surface area contributed by atoms with E-state index >= 15 is 0 Å². The molecule has 0 saturated carbocycles. The van der Waals surface area contributed by atoms with Crippen molar-refractivity contribution in [2.24, 2.45) is 0 Å². The highest BCUT2D eigenvalue weighted by Gasteiger charge is 2.24. The molecule has 1 atom stereocenters. The van der Waals surface area contributed by atoms with Crippen molar-refractivity contribution in [3.8, 4) is 11.5 Å². The molecule has 0 spiro atoms. The number of nitro benzene ring substituents is 1. The highest BCUT2D eigenvalue weighted by atomic mass is 16.6. The molecule has 7 heteroatoms. The fraction of sp³-hybridized carbons (Fsp3) is 0.278. The number of ether oxygens (including phenoxy) is 2. The maximum absolute atomic E-state index is 12.5. The van der Waals surface area contributed by atoms with E-state index in [2.05, 4.69) is 5.32 Å². The quantitative estimate of drug-likeness (QED) is 0.662. The first-order chi connectivity index (χ1) is 12.0. The first-order valence-electron chi connectivity index (χ1n) is 8.00. The molecule has 7 nitrogen and oxygen atoms in total. The van der Waals surface area contributed by atoms with Crippen LogP contribution in [0.15, 0.2) is 36.4 Å². The fourth-order valence-corrected chi connectivity index (χ4v) is 2.83. The number of nitrogens with one attached hydrogen (secondary N) is 1. The normalized spacial score (nSPS) is 15.2. The second-order valence-electron chi connectivity index (χ2n) is 5.75. The predicted octanol–water partition coefficient (Wildman–Crippen LogP) is 3.57. The van der Waals surface area contributed by atoms with Gasteiger partial charge >= 0.3 is 0 Å².